The van der Waals surface area contributed by atoms with Crippen LogP contribution in [0.1, 0.15) is 0 Å². The average molecular weight is 186 g/mol. The molecule has 0 amide bonds. The quantitative estimate of drug-likeness (QED) is 0.481. The van der Waals surface area contributed by atoms with E-state index in [1.807, 2.05) is 6.07 Å². The molecule has 0 aromatic heterocycles. The standard InChI is InChI=1S/C6H7AsS/c8-7-6-4-2-1-3-5-6/h1-5,7-8H. The zero-order valence-corrected chi connectivity index (χ0v) is 7.33. The van der Waals surface area contributed by atoms with Gasteiger partial charge in [-0.1, -0.05) is 0 Å². The molecule has 0 heterocycles. The van der Waals surface area contributed by atoms with E-state index in [1.54, 1.807) is 0 Å². The van der Waals surface area contributed by atoms with Gasteiger partial charge in [0.05, 0.1) is 0 Å². The first-order valence-electron chi connectivity index (χ1n) is 2.38. The minimum atomic E-state index is -0.109. The minimum absolute atomic E-state index is 0.109. The van der Waals surface area contributed by atoms with Crippen molar-refractivity contribution in [2.24, 2.45) is 0 Å². The Kier molecular flexibility index (Phi) is 2.51. The van der Waals surface area contributed by atoms with Crippen LogP contribution in [0.2, 0.25) is 0 Å². The Hall–Kier alpha value is 0.128. The van der Waals surface area contributed by atoms with E-state index in [4.69, 9.17) is 0 Å². The molecular weight excluding hydrogens is 179 g/mol. The maximum atomic E-state index is 4.24. The summed E-state index contributed by atoms with van der Waals surface area (Å²) in [6, 6.07) is 10.4. The van der Waals surface area contributed by atoms with Crippen molar-refractivity contribution in [3.8, 4) is 0 Å². The molecule has 0 saturated carbocycles. The molecule has 0 nitrogen and oxygen atoms in total. The van der Waals surface area contributed by atoms with Crippen LogP contribution in [0.15, 0.2) is 30.3 Å². The number of rotatable bonds is 1. The van der Waals surface area contributed by atoms with Crippen molar-refractivity contribution < 1.29 is 0 Å². The van der Waals surface area contributed by atoms with Crippen molar-refractivity contribution in [2.75, 3.05) is 0 Å². The van der Waals surface area contributed by atoms with E-state index < -0.39 is 0 Å². The van der Waals surface area contributed by atoms with Crippen LogP contribution in [0, 0.1) is 0 Å². The average Bonchev–Trinajstić information content (AvgIpc) is 1.90. The summed E-state index contributed by atoms with van der Waals surface area (Å²) in [5.41, 5.74) is 0. The van der Waals surface area contributed by atoms with Crippen LogP contribution in [-0.4, -0.2) is 14.6 Å². The third-order valence-electron chi connectivity index (χ3n) is 0.903. The fourth-order valence-electron chi connectivity index (χ4n) is 0.513. The van der Waals surface area contributed by atoms with Gasteiger partial charge in [0.2, 0.25) is 0 Å². The molecule has 0 radical (unpaired) electrons. The van der Waals surface area contributed by atoms with Gasteiger partial charge in [-0.25, -0.2) is 0 Å². The van der Waals surface area contributed by atoms with Crippen LogP contribution in [-0.2, 0) is 0 Å². The second kappa shape index (κ2) is 3.21. The number of thiol groups is 1. The van der Waals surface area contributed by atoms with Crippen LogP contribution < -0.4 is 4.35 Å². The molecule has 0 fully saturated rings. The Balaban J connectivity index is 2.83. The fraction of sp³-hybridized carbons (Fsp3) is 0. The second-order valence-electron chi connectivity index (χ2n) is 1.48. The van der Waals surface area contributed by atoms with Crippen molar-refractivity contribution in [3.63, 3.8) is 0 Å². The Morgan fingerprint density at radius 1 is 1.12 bits per heavy atom. The first-order valence-corrected chi connectivity index (χ1v) is 6.70. The van der Waals surface area contributed by atoms with Gasteiger partial charge in [0, 0.05) is 0 Å². The van der Waals surface area contributed by atoms with Crippen LogP contribution in [0.4, 0.5) is 0 Å². The fourth-order valence-corrected chi connectivity index (χ4v) is 2.00. The summed E-state index contributed by atoms with van der Waals surface area (Å²) in [5, 5.41) is 0. The molecule has 8 heavy (non-hydrogen) atoms. The van der Waals surface area contributed by atoms with Crippen molar-refractivity contribution in [2.45, 2.75) is 0 Å². The van der Waals surface area contributed by atoms with E-state index >= 15 is 0 Å². The van der Waals surface area contributed by atoms with Gasteiger partial charge < -0.3 is 0 Å². The molecule has 1 rings (SSSR count). The van der Waals surface area contributed by atoms with Crippen LogP contribution >= 0.6 is 10.9 Å². The first-order chi connectivity index (χ1) is 3.93. The Bertz CT molecular complexity index is 150. The van der Waals surface area contributed by atoms with Gasteiger partial charge in [0.1, 0.15) is 0 Å². The van der Waals surface area contributed by atoms with E-state index in [1.165, 1.54) is 4.35 Å². The molecule has 1 aromatic rings. The molecule has 2 heteroatoms. The molecule has 0 N–H and O–H groups in total. The predicted molar refractivity (Wildman–Crippen MR) is 42.2 cm³/mol. The van der Waals surface area contributed by atoms with E-state index in [2.05, 4.69) is 35.2 Å². The molecule has 1 unspecified atom stereocenters. The summed E-state index contributed by atoms with van der Waals surface area (Å²) in [6.45, 7) is 0. The van der Waals surface area contributed by atoms with Crippen molar-refractivity contribution in [1.29, 1.82) is 0 Å². The van der Waals surface area contributed by atoms with Gasteiger partial charge in [-0.15, -0.1) is 0 Å². The number of hydrogen-bond donors (Lipinski definition) is 1. The molecule has 0 aliphatic rings. The molecule has 0 spiro atoms. The zero-order valence-electron chi connectivity index (χ0n) is 4.33. The Morgan fingerprint density at radius 3 is 2.12 bits per heavy atom. The third-order valence-corrected chi connectivity index (χ3v) is 3.49. The van der Waals surface area contributed by atoms with E-state index in [9.17, 15) is 0 Å². The summed E-state index contributed by atoms with van der Waals surface area (Å²) in [4.78, 5) is 0. The Morgan fingerprint density at radius 2 is 1.75 bits per heavy atom. The summed E-state index contributed by atoms with van der Waals surface area (Å²) in [6.07, 6.45) is 0. The molecular formula is C6H7AsS. The van der Waals surface area contributed by atoms with Gasteiger partial charge in [-0.2, -0.15) is 0 Å². The number of hydrogen-bond acceptors (Lipinski definition) is 1. The Labute approximate surface area is 60.4 Å². The molecule has 0 aliphatic heterocycles. The summed E-state index contributed by atoms with van der Waals surface area (Å²) in [7, 11) is 4.24. The summed E-state index contributed by atoms with van der Waals surface area (Å²) >= 11 is -0.109. The third kappa shape index (κ3) is 1.57. The van der Waals surface area contributed by atoms with Crippen molar-refractivity contribution in [1.82, 2.24) is 0 Å². The molecule has 0 saturated heterocycles. The van der Waals surface area contributed by atoms with Crippen molar-refractivity contribution in [3.05, 3.63) is 30.3 Å². The van der Waals surface area contributed by atoms with E-state index in [-0.39, 0.29) is 14.6 Å². The maximum absolute atomic E-state index is 4.24. The topological polar surface area (TPSA) is 0 Å². The van der Waals surface area contributed by atoms with Gasteiger partial charge in [0.15, 0.2) is 0 Å². The van der Waals surface area contributed by atoms with Crippen LogP contribution in [0.5, 0.6) is 0 Å². The van der Waals surface area contributed by atoms with Crippen LogP contribution in [0.25, 0.3) is 0 Å². The van der Waals surface area contributed by atoms with Gasteiger partial charge in [-0.3, -0.25) is 0 Å². The van der Waals surface area contributed by atoms with E-state index in [0.29, 0.717) is 0 Å². The second-order valence-corrected chi connectivity index (χ2v) is 4.32. The molecule has 0 bridgehead atoms. The SMILES string of the molecule is S[AsH]c1ccccc1. The molecule has 0 aliphatic carbocycles. The predicted octanol–water partition coefficient (Wildman–Crippen LogP) is 0.593. The van der Waals surface area contributed by atoms with Gasteiger partial charge in [-0.05, 0) is 0 Å². The van der Waals surface area contributed by atoms with Gasteiger partial charge in [0.25, 0.3) is 0 Å². The molecule has 1 aromatic carbocycles. The first kappa shape index (κ1) is 6.25. The van der Waals surface area contributed by atoms with Gasteiger partial charge >= 0.3 is 60.2 Å². The summed E-state index contributed by atoms with van der Waals surface area (Å²) < 4.78 is 1.40. The van der Waals surface area contributed by atoms with Crippen LogP contribution in [0.3, 0.4) is 0 Å². The zero-order chi connectivity index (χ0) is 5.82. The normalized spacial score (nSPS) is 10.6. The van der Waals surface area contributed by atoms with E-state index in [0.717, 1.165) is 0 Å². The monoisotopic (exact) mass is 186 g/mol. The number of benzene rings is 1. The summed E-state index contributed by atoms with van der Waals surface area (Å²) in [5.74, 6) is 0. The molecule has 1 atom stereocenters. The van der Waals surface area contributed by atoms with Crippen molar-refractivity contribution >= 4 is 29.8 Å². The molecule has 42 valence electrons.